The van der Waals surface area contributed by atoms with Gasteiger partial charge in [-0.1, -0.05) is 27.7 Å². The van der Waals surface area contributed by atoms with E-state index < -0.39 is 0 Å². The Morgan fingerprint density at radius 1 is 1.50 bits per heavy atom. The Bertz CT molecular complexity index is 273. The molecule has 0 spiro atoms. The zero-order valence-corrected chi connectivity index (χ0v) is 12.2. The van der Waals surface area contributed by atoms with E-state index in [0.717, 1.165) is 19.3 Å². The first-order valence-electron chi connectivity index (χ1n) is 6.98. The van der Waals surface area contributed by atoms with Crippen molar-refractivity contribution in [2.75, 3.05) is 13.2 Å². The predicted octanol–water partition coefficient (Wildman–Crippen LogP) is 1.68. The second-order valence-electron chi connectivity index (χ2n) is 6.48. The summed E-state index contributed by atoms with van der Waals surface area (Å²) in [4.78, 5) is 12.0. The van der Waals surface area contributed by atoms with E-state index in [1.54, 1.807) is 0 Å². The average Bonchev–Trinajstić information content (AvgIpc) is 2.71. The number of hydrogen-bond acceptors (Lipinski definition) is 3. The van der Waals surface area contributed by atoms with E-state index in [-0.39, 0.29) is 29.4 Å². The fourth-order valence-corrected chi connectivity index (χ4v) is 2.57. The minimum atomic E-state index is 0.0110. The van der Waals surface area contributed by atoms with Crippen LogP contribution < -0.4 is 11.1 Å². The quantitative estimate of drug-likeness (QED) is 0.786. The second-order valence-corrected chi connectivity index (χ2v) is 6.48. The van der Waals surface area contributed by atoms with Crippen molar-refractivity contribution in [2.24, 2.45) is 17.1 Å². The summed E-state index contributed by atoms with van der Waals surface area (Å²) in [6.07, 6.45) is 2.72. The normalized spacial score (nSPS) is 26.1. The van der Waals surface area contributed by atoms with Gasteiger partial charge in [0, 0.05) is 19.2 Å². The number of amides is 1. The van der Waals surface area contributed by atoms with E-state index in [1.807, 2.05) is 0 Å². The van der Waals surface area contributed by atoms with E-state index in [2.05, 4.69) is 33.0 Å². The van der Waals surface area contributed by atoms with Gasteiger partial charge in [0.25, 0.3) is 0 Å². The standard InChI is InChI=1S/C14H28N2O2/c1-5-12-11(6-7-18-12)13(17)16-9-10(15)8-14(2,3)4/h10-12H,5-9,15H2,1-4H3,(H,16,17). The molecule has 1 amide bonds. The van der Waals surface area contributed by atoms with Gasteiger partial charge in [-0.3, -0.25) is 4.79 Å². The summed E-state index contributed by atoms with van der Waals surface area (Å²) < 4.78 is 5.53. The lowest BCUT2D eigenvalue weighted by Crippen LogP contribution is -2.43. The maximum Gasteiger partial charge on any atom is 0.225 e. The topological polar surface area (TPSA) is 64.3 Å². The van der Waals surface area contributed by atoms with Gasteiger partial charge in [-0.15, -0.1) is 0 Å². The van der Waals surface area contributed by atoms with E-state index >= 15 is 0 Å². The lowest BCUT2D eigenvalue weighted by molar-refractivity contribution is -0.126. The molecule has 0 bridgehead atoms. The molecule has 0 aromatic rings. The zero-order chi connectivity index (χ0) is 13.8. The second kappa shape index (κ2) is 6.53. The third-order valence-electron chi connectivity index (χ3n) is 3.36. The molecule has 1 aliphatic heterocycles. The Hall–Kier alpha value is -0.610. The van der Waals surface area contributed by atoms with Crippen molar-refractivity contribution in [3.63, 3.8) is 0 Å². The summed E-state index contributed by atoms with van der Waals surface area (Å²) in [5.41, 5.74) is 6.23. The summed E-state index contributed by atoms with van der Waals surface area (Å²) >= 11 is 0. The predicted molar refractivity (Wildman–Crippen MR) is 73.2 cm³/mol. The van der Waals surface area contributed by atoms with Crippen LogP contribution in [-0.4, -0.2) is 31.2 Å². The first-order chi connectivity index (χ1) is 8.33. The van der Waals surface area contributed by atoms with E-state index in [1.165, 1.54) is 0 Å². The molecule has 1 heterocycles. The van der Waals surface area contributed by atoms with Crippen molar-refractivity contribution in [1.29, 1.82) is 0 Å². The van der Waals surface area contributed by atoms with Crippen LogP contribution in [0.15, 0.2) is 0 Å². The molecule has 1 aliphatic rings. The summed E-state index contributed by atoms with van der Waals surface area (Å²) in [5, 5.41) is 2.97. The highest BCUT2D eigenvalue weighted by Gasteiger charge is 2.32. The molecular formula is C14H28N2O2. The average molecular weight is 256 g/mol. The summed E-state index contributed by atoms with van der Waals surface area (Å²) in [5.74, 6) is 0.112. The van der Waals surface area contributed by atoms with Crippen LogP contribution in [0.2, 0.25) is 0 Å². The Labute approximate surface area is 111 Å². The van der Waals surface area contributed by atoms with Crippen molar-refractivity contribution < 1.29 is 9.53 Å². The minimum absolute atomic E-state index is 0.0110. The van der Waals surface area contributed by atoms with Gasteiger partial charge in [-0.2, -0.15) is 0 Å². The first-order valence-corrected chi connectivity index (χ1v) is 6.98. The molecule has 1 rings (SSSR count). The Kier molecular flexibility index (Phi) is 5.60. The van der Waals surface area contributed by atoms with Crippen LogP contribution in [0.25, 0.3) is 0 Å². The van der Waals surface area contributed by atoms with Crippen LogP contribution in [0, 0.1) is 11.3 Å². The molecule has 0 saturated carbocycles. The SMILES string of the molecule is CCC1OCCC1C(=O)NCC(N)CC(C)(C)C. The number of nitrogens with one attached hydrogen (secondary N) is 1. The van der Waals surface area contributed by atoms with Crippen molar-refractivity contribution in [3.8, 4) is 0 Å². The Balaban J connectivity index is 2.32. The van der Waals surface area contributed by atoms with Crippen LogP contribution in [-0.2, 0) is 9.53 Å². The molecule has 106 valence electrons. The highest BCUT2D eigenvalue weighted by molar-refractivity contribution is 5.79. The van der Waals surface area contributed by atoms with Gasteiger partial charge >= 0.3 is 0 Å². The van der Waals surface area contributed by atoms with Gasteiger partial charge in [0.2, 0.25) is 5.91 Å². The third-order valence-corrected chi connectivity index (χ3v) is 3.36. The monoisotopic (exact) mass is 256 g/mol. The molecular weight excluding hydrogens is 228 g/mol. The number of nitrogens with two attached hydrogens (primary N) is 1. The van der Waals surface area contributed by atoms with Crippen LogP contribution in [0.5, 0.6) is 0 Å². The molecule has 1 fully saturated rings. The highest BCUT2D eigenvalue weighted by Crippen LogP contribution is 2.23. The summed E-state index contributed by atoms with van der Waals surface area (Å²) in [6.45, 7) is 9.79. The molecule has 18 heavy (non-hydrogen) atoms. The molecule has 4 nitrogen and oxygen atoms in total. The van der Waals surface area contributed by atoms with Gasteiger partial charge in [-0.25, -0.2) is 0 Å². The van der Waals surface area contributed by atoms with Crippen molar-refractivity contribution in [1.82, 2.24) is 5.32 Å². The van der Waals surface area contributed by atoms with E-state index in [0.29, 0.717) is 13.2 Å². The molecule has 3 unspecified atom stereocenters. The van der Waals surface area contributed by atoms with Crippen molar-refractivity contribution in [3.05, 3.63) is 0 Å². The Morgan fingerprint density at radius 2 is 2.17 bits per heavy atom. The Morgan fingerprint density at radius 3 is 2.72 bits per heavy atom. The molecule has 0 radical (unpaired) electrons. The van der Waals surface area contributed by atoms with Gasteiger partial charge in [0.05, 0.1) is 12.0 Å². The lowest BCUT2D eigenvalue weighted by atomic mass is 9.88. The molecule has 0 aromatic carbocycles. The molecule has 0 aromatic heterocycles. The number of rotatable bonds is 5. The molecule has 1 saturated heterocycles. The van der Waals surface area contributed by atoms with Gasteiger partial charge in [-0.05, 0) is 24.7 Å². The van der Waals surface area contributed by atoms with Crippen LogP contribution in [0.3, 0.4) is 0 Å². The molecule has 3 N–H and O–H groups in total. The highest BCUT2D eigenvalue weighted by atomic mass is 16.5. The van der Waals surface area contributed by atoms with E-state index in [9.17, 15) is 4.79 Å². The smallest absolute Gasteiger partial charge is 0.225 e. The van der Waals surface area contributed by atoms with E-state index in [4.69, 9.17) is 10.5 Å². The van der Waals surface area contributed by atoms with Crippen LogP contribution in [0.1, 0.15) is 47.0 Å². The minimum Gasteiger partial charge on any atom is -0.377 e. The summed E-state index contributed by atoms with van der Waals surface area (Å²) in [6, 6.07) is 0.0244. The molecule has 4 heteroatoms. The lowest BCUT2D eigenvalue weighted by Gasteiger charge is -2.24. The van der Waals surface area contributed by atoms with Crippen molar-refractivity contribution >= 4 is 5.91 Å². The van der Waals surface area contributed by atoms with Crippen molar-refractivity contribution in [2.45, 2.75) is 59.1 Å². The number of hydrogen-bond donors (Lipinski definition) is 2. The first kappa shape index (κ1) is 15.4. The third kappa shape index (κ3) is 4.94. The number of carbonyl (C=O) groups excluding carboxylic acids is 1. The number of ether oxygens (including phenoxy) is 1. The maximum atomic E-state index is 12.0. The maximum absolute atomic E-state index is 12.0. The largest absolute Gasteiger partial charge is 0.377 e. The fraction of sp³-hybridized carbons (Fsp3) is 0.929. The molecule has 3 atom stereocenters. The summed E-state index contributed by atoms with van der Waals surface area (Å²) in [7, 11) is 0. The molecule has 0 aliphatic carbocycles. The van der Waals surface area contributed by atoms with Crippen LogP contribution in [0.4, 0.5) is 0 Å². The van der Waals surface area contributed by atoms with Gasteiger partial charge < -0.3 is 15.8 Å². The van der Waals surface area contributed by atoms with Crippen LogP contribution >= 0.6 is 0 Å². The zero-order valence-electron chi connectivity index (χ0n) is 12.2. The van der Waals surface area contributed by atoms with Gasteiger partial charge in [0.15, 0.2) is 0 Å². The fourth-order valence-electron chi connectivity index (χ4n) is 2.57. The van der Waals surface area contributed by atoms with Gasteiger partial charge in [0.1, 0.15) is 0 Å². The number of carbonyl (C=O) groups is 1.